The molecule has 1 aliphatic heterocycles. The van der Waals surface area contributed by atoms with Gasteiger partial charge in [0.15, 0.2) is 0 Å². The van der Waals surface area contributed by atoms with Crippen LogP contribution in [0.3, 0.4) is 0 Å². The van der Waals surface area contributed by atoms with Crippen molar-refractivity contribution in [2.24, 2.45) is 0 Å². The van der Waals surface area contributed by atoms with Crippen molar-refractivity contribution >= 4 is 23.5 Å². The monoisotopic (exact) mass is 385 g/mol. The molecular weight excluding hydrogens is 358 g/mol. The Kier molecular flexibility index (Phi) is 7.42. The van der Waals surface area contributed by atoms with Crippen LogP contribution in [0.5, 0.6) is 0 Å². The normalized spacial score (nSPS) is 14.0. The number of thioether (sulfide) groups is 1. The Hall–Kier alpha value is -2.18. The fourth-order valence-electron chi connectivity index (χ4n) is 2.96. The summed E-state index contributed by atoms with van der Waals surface area (Å²) in [6.07, 6.45) is 0. The molecule has 2 aromatic carbocycles. The van der Waals surface area contributed by atoms with Gasteiger partial charge in [-0.2, -0.15) is 0 Å². The minimum atomic E-state index is -0.0408. The third-order valence-corrected chi connectivity index (χ3v) is 5.48. The zero-order valence-corrected chi connectivity index (χ0v) is 16.6. The van der Waals surface area contributed by atoms with Gasteiger partial charge in [-0.15, -0.1) is 11.8 Å². The molecule has 27 heavy (non-hydrogen) atoms. The van der Waals surface area contributed by atoms with Gasteiger partial charge in [0.05, 0.1) is 13.2 Å². The fraction of sp³-hybridized carbons (Fsp3) is 0.381. The van der Waals surface area contributed by atoms with Crippen molar-refractivity contribution in [3.63, 3.8) is 0 Å². The molecule has 6 heteroatoms. The van der Waals surface area contributed by atoms with E-state index >= 15 is 0 Å². The number of benzene rings is 2. The number of hydrogen-bond donors (Lipinski definition) is 1. The van der Waals surface area contributed by atoms with Crippen LogP contribution in [-0.4, -0.2) is 56.6 Å². The number of hydrogen-bond acceptors (Lipinski definition) is 4. The lowest BCUT2D eigenvalue weighted by molar-refractivity contribution is 0.122. The molecule has 0 radical (unpaired) electrons. The smallest absolute Gasteiger partial charge is 0.317 e. The van der Waals surface area contributed by atoms with E-state index in [1.54, 1.807) is 16.7 Å². The van der Waals surface area contributed by atoms with Gasteiger partial charge in [0.2, 0.25) is 0 Å². The van der Waals surface area contributed by atoms with Crippen LogP contribution in [0.4, 0.5) is 10.5 Å². The van der Waals surface area contributed by atoms with Gasteiger partial charge in [-0.1, -0.05) is 30.3 Å². The molecule has 5 nitrogen and oxygen atoms in total. The van der Waals surface area contributed by atoms with Gasteiger partial charge < -0.3 is 19.9 Å². The number of morpholine rings is 1. The highest BCUT2D eigenvalue weighted by atomic mass is 32.2. The number of carbonyl (C=O) groups excluding carboxylic acids is 1. The van der Waals surface area contributed by atoms with Crippen LogP contribution in [0.2, 0.25) is 0 Å². The molecular formula is C21H27N3O2S. The molecule has 0 aromatic heterocycles. The van der Waals surface area contributed by atoms with Gasteiger partial charge in [-0.3, -0.25) is 0 Å². The summed E-state index contributed by atoms with van der Waals surface area (Å²) >= 11 is 1.75. The minimum Gasteiger partial charge on any atom is -0.378 e. The first kappa shape index (κ1) is 19.6. The Morgan fingerprint density at radius 1 is 1.11 bits per heavy atom. The van der Waals surface area contributed by atoms with Crippen LogP contribution in [0, 0.1) is 0 Å². The molecule has 1 heterocycles. The van der Waals surface area contributed by atoms with Crippen LogP contribution in [0.1, 0.15) is 5.56 Å². The van der Waals surface area contributed by atoms with Crippen molar-refractivity contribution in [3.8, 4) is 0 Å². The number of nitrogens with zero attached hydrogens (tertiary/aromatic N) is 2. The Morgan fingerprint density at radius 2 is 1.81 bits per heavy atom. The molecule has 0 atom stereocenters. The Morgan fingerprint density at radius 3 is 2.52 bits per heavy atom. The average Bonchev–Trinajstić information content (AvgIpc) is 2.73. The molecule has 0 saturated carbocycles. The van der Waals surface area contributed by atoms with Gasteiger partial charge in [0.1, 0.15) is 0 Å². The van der Waals surface area contributed by atoms with Crippen LogP contribution in [-0.2, 0) is 11.3 Å². The Labute approximate surface area is 165 Å². The van der Waals surface area contributed by atoms with Gasteiger partial charge >= 0.3 is 6.03 Å². The lowest BCUT2D eigenvalue weighted by Crippen LogP contribution is -2.38. The number of ether oxygens (including phenoxy) is 1. The fourth-order valence-corrected chi connectivity index (χ4v) is 3.75. The standard InChI is InChI=1S/C21H27N3O2S/c1-23(21(25)22-11-16-27-20-5-3-2-4-6-20)17-18-7-9-19(10-8-18)24-12-14-26-15-13-24/h2-10H,11-17H2,1H3,(H,22,25). The zero-order valence-electron chi connectivity index (χ0n) is 15.8. The summed E-state index contributed by atoms with van der Waals surface area (Å²) in [5, 5.41) is 2.98. The molecule has 1 N–H and O–H groups in total. The first-order valence-electron chi connectivity index (χ1n) is 9.31. The summed E-state index contributed by atoms with van der Waals surface area (Å²) in [5.74, 6) is 0.859. The van der Waals surface area contributed by atoms with Crippen molar-refractivity contribution in [3.05, 3.63) is 60.2 Å². The molecule has 144 valence electrons. The highest BCUT2D eigenvalue weighted by Gasteiger charge is 2.12. The zero-order chi connectivity index (χ0) is 18.9. The second-order valence-electron chi connectivity index (χ2n) is 6.52. The van der Waals surface area contributed by atoms with Crippen LogP contribution in [0.25, 0.3) is 0 Å². The Balaban J connectivity index is 1.39. The average molecular weight is 386 g/mol. The molecule has 0 spiro atoms. The van der Waals surface area contributed by atoms with Crippen molar-refractivity contribution in [1.82, 2.24) is 10.2 Å². The molecule has 3 rings (SSSR count). The van der Waals surface area contributed by atoms with E-state index in [-0.39, 0.29) is 6.03 Å². The summed E-state index contributed by atoms with van der Waals surface area (Å²) in [5.41, 5.74) is 2.34. The van der Waals surface area contributed by atoms with Crippen molar-refractivity contribution in [1.29, 1.82) is 0 Å². The largest absolute Gasteiger partial charge is 0.378 e. The SMILES string of the molecule is CN(Cc1ccc(N2CCOCC2)cc1)C(=O)NCCSc1ccccc1. The van der Waals surface area contributed by atoms with Gasteiger partial charge in [0, 0.05) is 49.6 Å². The molecule has 0 unspecified atom stereocenters. The quantitative estimate of drug-likeness (QED) is 0.586. The second kappa shape index (κ2) is 10.2. The molecule has 0 bridgehead atoms. The van der Waals surface area contributed by atoms with E-state index < -0.39 is 0 Å². The molecule has 2 aromatic rings. The topological polar surface area (TPSA) is 44.8 Å². The van der Waals surface area contributed by atoms with Crippen molar-refractivity contribution < 1.29 is 9.53 Å². The predicted molar refractivity (Wildman–Crippen MR) is 112 cm³/mol. The molecule has 1 aliphatic rings. The van der Waals surface area contributed by atoms with E-state index in [2.05, 4.69) is 46.6 Å². The van der Waals surface area contributed by atoms with Gasteiger partial charge in [-0.25, -0.2) is 4.79 Å². The van der Waals surface area contributed by atoms with E-state index in [4.69, 9.17) is 4.74 Å². The van der Waals surface area contributed by atoms with Crippen LogP contribution >= 0.6 is 11.8 Å². The maximum atomic E-state index is 12.3. The molecule has 1 saturated heterocycles. The third-order valence-electron chi connectivity index (χ3n) is 4.47. The maximum Gasteiger partial charge on any atom is 0.317 e. The summed E-state index contributed by atoms with van der Waals surface area (Å²) in [6.45, 7) is 4.69. The first-order valence-corrected chi connectivity index (χ1v) is 10.3. The van der Waals surface area contributed by atoms with Crippen molar-refractivity contribution in [2.45, 2.75) is 11.4 Å². The number of urea groups is 1. The number of anilines is 1. The summed E-state index contributed by atoms with van der Waals surface area (Å²) in [4.78, 5) is 17.5. The van der Waals surface area contributed by atoms with Crippen LogP contribution in [0.15, 0.2) is 59.5 Å². The molecule has 2 amide bonds. The minimum absolute atomic E-state index is 0.0408. The summed E-state index contributed by atoms with van der Waals surface area (Å²) in [7, 11) is 1.83. The van der Waals surface area contributed by atoms with E-state index in [9.17, 15) is 4.79 Å². The highest BCUT2D eigenvalue weighted by Crippen LogP contribution is 2.18. The third kappa shape index (κ3) is 6.19. The van der Waals surface area contributed by atoms with Crippen molar-refractivity contribution in [2.75, 3.05) is 50.5 Å². The summed E-state index contributed by atoms with van der Waals surface area (Å²) in [6, 6.07) is 18.6. The molecule has 1 fully saturated rings. The molecule has 0 aliphatic carbocycles. The summed E-state index contributed by atoms with van der Waals surface area (Å²) < 4.78 is 5.40. The first-order chi connectivity index (χ1) is 13.2. The number of amides is 2. The number of carbonyl (C=O) groups is 1. The van der Waals surface area contributed by atoms with Gasteiger partial charge in [-0.05, 0) is 29.8 Å². The lowest BCUT2D eigenvalue weighted by Gasteiger charge is -2.29. The van der Waals surface area contributed by atoms with E-state index in [1.165, 1.54) is 10.6 Å². The maximum absolute atomic E-state index is 12.3. The lowest BCUT2D eigenvalue weighted by atomic mass is 10.2. The van der Waals surface area contributed by atoms with E-state index in [0.717, 1.165) is 37.6 Å². The van der Waals surface area contributed by atoms with Crippen LogP contribution < -0.4 is 10.2 Å². The highest BCUT2D eigenvalue weighted by molar-refractivity contribution is 7.99. The predicted octanol–water partition coefficient (Wildman–Crippen LogP) is 3.46. The van der Waals surface area contributed by atoms with E-state index in [0.29, 0.717) is 13.1 Å². The van der Waals surface area contributed by atoms with E-state index in [1.807, 2.05) is 25.2 Å². The number of nitrogens with one attached hydrogen (secondary N) is 1. The number of rotatable bonds is 7. The van der Waals surface area contributed by atoms with Gasteiger partial charge in [0.25, 0.3) is 0 Å². The Bertz CT molecular complexity index is 703. The second-order valence-corrected chi connectivity index (χ2v) is 7.68.